The molecule has 5 rings (SSSR count). The van der Waals surface area contributed by atoms with E-state index in [-0.39, 0.29) is 17.5 Å². The molecule has 0 spiro atoms. The zero-order valence-electron chi connectivity index (χ0n) is 17.7. The van der Waals surface area contributed by atoms with E-state index < -0.39 is 17.8 Å². The number of fused-ring (bicyclic) bond motifs is 2. The predicted molar refractivity (Wildman–Crippen MR) is 122 cm³/mol. The summed E-state index contributed by atoms with van der Waals surface area (Å²) in [6.45, 7) is 0. The van der Waals surface area contributed by atoms with Gasteiger partial charge in [-0.15, -0.1) is 0 Å². The van der Waals surface area contributed by atoms with E-state index in [1.165, 1.54) is 12.1 Å². The van der Waals surface area contributed by atoms with Crippen LogP contribution in [0, 0.1) is 5.82 Å². The number of benzene rings is 3. The number of anilines is 1. The number of hydrogen-bond donors (Lipinski definition) is 1. The minimum Gasteiger partial charge on any atom is -0.350 e. The van der Waals surface area contributed by atoms with Crippen LogP contribution in [0.4, 0.5) is 10.1 Å². The van der Waals surface area contributed by atoms with Gasteiger partial charge in [-0.3, -0.25) is 9.59 Å². The maximum atomic E-state index is 14.3. The third kappa shape index (κ3) is 3.07. The van der Waals surface area contributed by atoms with Gasteiger partial charge in [0.05, 0.1) is 17.6 Å². The van der Waals surface area contributed by atoms with E-state index in [2.05, 4.69) is 5.32 Å². The maximum absolute atomic E-state index is 14.3. The Morgan fingerprint density at radius 3 is 2.41 bits per heavy atom. The van der Waals surface area contributed by atoms with Gasteiger partial charge in [-0.05, 0) is 29.8 Å². The Balaban J connectivity index is 1.69. The molecule has 4 aromatic rings. The molecule has 0 unspecified atom stereocenters. The van der Waals surface area contributed by atoms with Crippen molar-refractivity contribution in [3.05, 3.63) is 102 Å². The fraction of sp³-hybridized carbons (Fsp3) is 0.154. The van der Waals surface area contributed by atoms with Crippen molar-refractivity contribution in [1.82, 2.24) is 9.47 Å². The van der Waals surface area contributed by atoms with E-state index in [9.17, 15) is 14.0 Å². The number of aromatic nitrogens is 1. The number of carbonyl (C=O) groups is 2. The number of para-hydroxylation sites is 2. The van der Waals surface area contributed by atoms with Crippen molar-refractivity contribution >= 4 is 28.4 Å². The summed E-state index contributed by atoms with van der Waals surface area (Å²) in [5.74, 6) is -1.72. The van der Waals surface area contributed by atoms with Gasteiger partial charge < -0.3 is 14.8 Å². The van der Waals surface area contributed by atoms with Crippen molar-refractivity contribution < 1.29 is 14.0 Å². The molecule has 0 radical (unpaired) electrons. The monoisotopic (exact) mass is 427 g/mol. The number of halogens is 1. The van der Waals surface area contributed by atoms with Gasteiger partial charge >= 0.3 is 0 Å². The van der Waals surface area contributed by atoms with Gasteiger partial charge in [-0.2, -0.15) is 0 Å². The van der Waals surface area contributed by atoms with Crippen LogP contribution in [0.1, 0.15) is 33.4 Å². The summed E-state index contributed by atoms with van der Waals surface area (Å²) in [5, 5.41) is 3.73. The molecule has 32 heavy (non-hydrogen) atoms. The van der Waals surface area contributed by atoms with Crippen molar-refractivity contribution in [2.24, 2.45) is 7.05 Å². The molecular formula is C26H22FN3O2. The second-order valence-corrected chi connectivity index (χ2v) is 8.11. The second kappa shape index (κ2) is 7.64. The fourth-order valence-corrected chi connectivity index (χ4v) is 4.73. The molecule has 6 heteroatoms. The lowest BCUT2D eigenvalue weighted by Crippen LogP contribution is -2.44. The molecule has 160 valence electrons. The number of rotatable bonds is 3. The molecule has 2 atom stereocenters. The van der Waals surface area contributed by atoms with E-state index in [1.54, 1.807) is 36.2 Å². The van der Waals surface area contributed by atoms with E-state index in [0.29, 0.717) is 11.1 Å². The normalized spacial score (nSPS) is 18.0. The second-order valence-electron chi connectivity index (χ2n) is 8.11. The molecule has 2 amide bonds. The minimum atomic E-state index is -0.709. The highest BCUT2D eigenvalue weighted by atomic mass is 19.1. The van der Waals surface area contributed by atoms with Crippen LogP contribution in [0.2, 0.25) is 0 Å². The van der Waals surface area contributed by atoms with Crippen molar-refractivity contribution in [2.45, 2.75) is 12.0 Å². The topological polar surface area (TPSA) is 54.3 Å². The molecule has 3 aromatic carbocycles. The van der Waals surface area contributed by atoms with Crippen LogP contribution in [0.3, 0.4) is 0 Å². The largest absolute Gasteiger partial charge is 0.350 e. The molecule has 1 aliphatic rings. The maximum Gasteiger partial charge on any atom is 0.254 e. The number of aryl methyl sites for hydroxylation is 1. The van der Waals surface area contributed by atoms with Gasteiger partial charge in [-0.25, -0.2) is 4.39 Å². The summed E-state index contributed by atoms with van der Waals surface area (Å²) in [6, 6.07) is 20.6. The smallest absolute Gasteiger partial charge is 0.254 e. The first-order valence-electron chi connectivity index (χ1n) is 10.4. The third-order valence-electron chi connectivity index (χ3n) is 6.24. The van der Waals surface area contributed by atoms with Crippen LogP contribution in [-0.4, -0.2) is 28.3 Å². The zero-order chi connectivity index (χ0) is 22.4. The summed E-state index contributed by atoms with van der Waals surface area (Å²) in [4.78, 5) is 28.5. The highest BCUT2D eigenvalue weighted by Gasteiger charge is 2.43. The van der Waals surface area contributed by atoms with Gasteiger partial charge in [0, 0.05) is 42.3 Å². The van der Waals surface area contributed by atoms with Crippen LogP contribution in [-0.2, 0) is 11.8 Å². The Kier molecular flexibility index (Phi) is 4.78. The summed E-state index contributed by atoms with van der Waals surface area (Å²) in [6.07, 6.45) is 1.97. The summed E-state index contributed by atoms with van der Waals surface area (Å²) >= 11 is 0. The Bertz CT molecular complexity index is 1360. The highest BCUT2D eigenvalue weighted by molar-refractivity contribution is 6.05. The number of amides is 2. The minimum absolute atomic E-state index is 0.117. The average molecular weight is 427 g/mol. The van der Waals surface area contributed by atoms with Crippen LogP contribution < -0.4 is 5.32 Å². The number of nitrogens with zero attached hydrogens (tertiary/aromatic N) is 2. The lowest BCUT2D eigenvalue weighted by atomic mass is 9.79. The molecular weight excluding hydrogens is 405 g/mol. The van der Waals surface area contributed by atoms with E-state index >= 15 is 0 Å². The van der Waals surface area contributed by atoms with Crippen LogP contribution in [0.5, 0.6) is 0 Å². The molecule has 0 saturated heterocycles. The van der Waals surface area contributed by atoms with Gasteiger partial charge in [0.2, 0.25) is 5.91 Å². The average Bonchev–Trinajstić information content (AvgIpc) is 3.14. The Morgan fingerprint density at radius 2 is 1.59 bits per heavy atom. The quantitative estimate of drug-likeness (QED) is 0.507. The molecule has 0 aliphatic carbocycles. The van der Waals surface area contributed by atoms with Gasteiger partial charge in [0.15, 0.2) is 0 Å². The Labute approximate surface area is 185 Å². The molecule has 1 aliphatic heterocycles. The van der Waals surface area contributed by atoms with E-state index in [1.807, 2.05) is 54.2 Å². The van der Waals surface area contributed by atoms with Crippen molar-refractivity contribution in [2.75, 3.05) is 12.4 Å². The first-order chi connectivity index (χ1) is 15.5. The van der Waals surface area contributed by atoms with Gasteiger partial charge in [0.25, 0.3) is 5.91 Å². The SMILES string of the molecule is CN1C(=O)c2ccccc2[C@@H](C(=O)Nc2ccccc2F)[C@H]1c1cn(C)c2ccccc12. The molecule has 1 aromatic heterocycles. The first kappa shape index (κ1) is 20.0. The summed E-state index contributed by atoms with van der Waals surface area (Å²) < 4.78 is 16.3. The molecule has 2 heterocycles. The molecule has 1 N–H and O–H groups in total. The van der Waals surface area contributed by atoms with Crippen molar-refractivity contribution in [3.8, 4) is 0 Å². The molecule has 0 bridgehead atoms. The highest BCUT2D eigenvalue weighted by Crippen LogP contribution is 2.44. The van der Waals surface area contributed by atoms with Crippen LogP contribution in [0.25, 0.3) is 10.9 Å². The molecule has 0 saturated carbocycles. The van der Waals surface area contributed by atoms with Crippen LogP contribution >= 0.6 is 0 Å². The van der Waals surface area contributed by atoms with Crippen molar-refractivity contribution in [3.63, 3.8) is 0 Å². The Hall–Kier alpha value is -3.93. The number of nitrogens with one attached hydrogen (secondary N) is 1. The fourth-order valence-electron chi connectivity index (χ4n) is 4.73. The molecule has 5 nitrogen and oxygen atoms in total. The van der Waals surface area contributed by atoms with E-state index in [0.717, 1.165) is 16.5 Å². The number of hydrogen-bond acceptors (Lipinski definition) is 2. The van der Waals surface area contributed by atoms with Crippen LogP contribution in [0.15, 0.2) is 79.0 Å². The Morgan fingerprint density at radius 1 is 0.906 bits per heavy atom. The summed E-state index contributed by atoms with van der Waals surface area (Å²) in [7, 11) is 3.66. The molecule has 0 fully saturated rings. The van der Waals surface area contributed by atoms with Gasteiger partial charge in [0.1, 0.15) is 5.82 Å². The van der Waals surface area contributed by atoms with Gasteiger partial charge in [-0.1, -0.05) is 48.5 Å². The zero-order valence-corrected chi connectivity index (χ0v) is 17.7. The van der Waals surface area contributed by atoms with Crippen molar-refractivity contribution in [1.29, 1.82) is 0 Å². The lowest BCUT2D eigenvalue weighted by Gasteiger charge is -2.39. The summed E-state index contributed by atoms with van der Waals surface area (Å²) in [5.41, 5.74) is 3.13. The first-order valence-corrected chi connectivity index (χ1v) is 10.4. The van der Waals surface area contributed by atoms with E-state index in [4.69, 9.17) is 0 Å². The number of likely N-dealkylation sites (N-methyl/N-ethyl adjacent to an activating group) is 1. The number of carbonyl (C=O) groups excluding carboxylic acids is 2. The lowest BCUT2D eigenvalue weighted by molar-refractivity contribution is -0.119. The standard InChI is InChI=1S/C26H22FN3O2/c1-29-15-19(16-9-5-8-14-22(16)29)24-23(25(31)28-21-13-7-6-12-20(21)27)17-10-3-4-11-18(17)26(32)30(24)2/h3-15,23-24H,1-2H3,(H,28,31)/t23-,24-/m1/s1. The third-order valence-corrected chi connectivity index (χ3v) is 6.24. The predicted octanol–water partition coefficient (Wildman–Crippen LogP) is 4.87.